The molecule has 102 valence electrons. The molecule has 1 aromatic carbocycles. The number of carbonyl (C=O) groups excluding carboxylic acids is 1. The smallest absolute Gasteiger partial charge is 0.446 e. The van der Waals surface area contributed by atoms with Crippen LogP contribution in [0.1, 0.15) is 22.8 Å². The van der Waals surface area contributed by atoms with E-state index >= 15 is 0 Å². The maximum absolute atomic E-state index is 12.5. The first-order chi connectivity index (χ1) is 8.80. The molecule has 0 saturated carbocycles. The van der Waals surface area contributed by atoms with Gasteiger partial charge in [0, 0.05) is 8.47 Å². The summed E-state index contributed by atoms with van der Waals surface area (Å²) in [6, 6.07) is 4.36. The van der Waals surface area contributed by atoms with Crippen LogP contribution in [-0.4, -0.2) is 18.1 Å². The van der Waals surface area contributed by atoms with Crippen molar-refractivity contribution < 1.29 is 22.7 Å². The van der Waals surface area contributed by atoms with Gasteiger partial charge < -0.3 is 4.74 Å². The first kappa shape index (κ1) is 16.1. The SMILES string of the molecule is CCOC(=O)c1c(C#N)ccc(I)c1SC(F)(F)F. The lowest BCUT2D eigenvalue weighted by Gasteiger charge is -2.13. The van der Waals surface area contributed by atoms with Gasteiger partial charge in [0.2, 0.25) is 0 Å². The number of rotatable bonds is 3. The Bertz CT molecular complexity index is 540. The topological polar surface area (TPSA) is 50.1 Å². The van der Waals surface area contributed by atoms with E-state index in [2.05, 4.69) is 0 Å². The van der Waals surface area contributed by atoms with Crippen molar-refractivity contribution in [3.05, 3.63) is 26.8 Å². The van der Waals surface area contributed by atoms with Crippen LogP contribution in [0.5, 0.6) is 0 Å². The number of esters is 1. The van der Waals surface area contributed by atoms with E-state index in [1.54, 1.807) is 28.7 Å². The highest BCUT2D eigenvalue weighted by Gasteiger charge is 2.34. The van der Waals surface area contributed by atoms with Crippen molar-refractivity contribution in [2.45, 2.75) is 17.3 Å². The third-order valence-electron chi connectivity index (χ3n) is 1.93. The quantitative estimate of drug-likeness (QED) is 0.437. The highest BCUT2D eigenvalue weighted by molar-refractivity contribution is 14.1. The lowest BCUT2D eigenvalue weighted by molar-refractivity contribution is -0.0328. The predicted molar refractivity (Wildman–Crippen MR) is 71.7 cm³/mol. The largest absolute Gasteiger partial charge is 0.462 e. The molecule has 0 fully saturated rings. The highest BCUT2D eigenvalue weighted by atomic mass is 127. The molecule has 0 amide bonds. The molecule has 0 aliphatic heterocycles. The number of ether oxygens (including phenoxy) is 1. The molecule has 0 radical (unpaired) electrons. The molecule has 0 unspecified atom stereocenters. The summed E-state index contributed by atoms with van der Waals surface area (Å²) in [6.07, 6.45) is 0. The Morgan fingerprint density at radius 3 is 2.63 bits per heavy atom. The molecule has 0 bridgehead atoms. The fourth-order valence-electron chi connectivity index (χ4n) is 1.27. The van der Waals surface area contributed by atoms with Crippen LogP contribution in [-0.2, 0) is 4.74 Å². The second kappa shape index (κ2) is 6.47. The molecule has 0 aliphatic rings. The van der Waals surface area contributed by atoms with Gasteiger partial charge in [-0.05, 0) is 53.4 Å². The number of carbonyl (C=O) groups is 1. The van der Waals surface area contributed by atoms with Crippen molar-refractivity contribution in [1.29, 1.82) is 5.26 Å². The molecule has 0 spiro atoms. The molecule has 0 aromatic heterocycles. The van der Waals surface area contributed by atoms with Gasteiger partial charge in [0.05, 0.1) is 17.7 Å². The zero-order valence-corrected chi connectivity index (χ0v) is 12.5. The summed E-state index contributed by atoms with van der Waals surface area (Å²) in [4.78, 5) is 11.4. The number of thioether (sulfide) groups is 1. The van der Waals surface area contributed by atoms with Gasteiger partial charge in [-0.2, -0.15) is 18.4 Å². The summed E-state index contributed by atoms with van der Waals surface area (Å²) in [5, 5.41) is 8.90. The Labute approximate surface area is 125 Å². The Hall–Kier alpha value is -0.950. The number of nitriles is 1. The number of hydrogen-bond acceptors (Lipinski definition) is 4. The van der Waals surface area contributed by atoms with E-state index in [9.17, 15) is 18.0 Å². The number of nitrogens with zero attached hydrogens (tertiary/aromatic N) is 1. The average molecular weight is 401 g/mol. The molecule has 3 nitrogen and oxygen atoms in total. The first-order valence-corrected chi connectivity index (χ1v) is 6.85. The maximum Gasteiger partial charge on any atom is 0.446 e. The van der Waals surface area contributed by atoms with E-state index in [-0.39, 0.29) is 26.2 Å². The Morgan fingerprint density at radius 1 is 1.53 bits per heavy atom. The van der Waals surface area contributed by atoms with Gasteiger partial charge in [-0.25, -0.2) is 4.79 Å². The van der Waals surface area contributed by atoms with Crippen molar-refractivity contribution in [3.63, 3.8) is 0 Å². The molecule has 0 aliphatic carbocycles. The van der Waals surface area contributed by atoms with E-state index in [0.29, 0.717) is 0 Å². The van der Waals surface area contributed by atoms with E-state index in [1.165, 1.54) is 19.1 Å². The monoisotopic (exact) mass is 401 g/mol. The first-order valence-electron chi connectivity index (χ1n) is 4.95. The summed E-state index contributed by atoms with van der Waals surface area (Å²) in [5.74, 6) is -0.927. The van der Waals surface area contributed by atoms with Crippen LogP contribution in [0, 0.1) is 14.9 Å². The van der Waals surface area contributed by atoms with Crippen LogP contribution in [0.15, 0.2) is 17.0 Å². The molecule has 0 heterocycles. The van der Waals surface area contributed by atoms with Gasteiger partial charge in [-0.3, -0.25) is 0 Å². The average Bonchev–Trinajstić information content (AvgIpc) is 2.30. The van der Waals surface area contributed by atoms with Crippen molar-refractivity contribution in [3.8, 4) is 6.07 Å². The molecule has 0 atom stereocenters. The number of halogens is 4. The van der Waals surface area contributed by atoms with Gasteiger partial charge in [0.25, 0.3) is 0 Å². The summed E-state index contributed by atoms with van der Waals surface area (Å²) in [6.45, 7) is 1.56. The molecule has 1 rings (SSSR count). The van der Waals surface area contributed by atoms with Gasteiger partial charge in [-0.1, -0.05) is 0 Å². The van der Waals surface area contributed by atoms with Crippen molar-refractivity contribution in [2.24, 2.45) is 0 Å². The van der Waals surface area contributed by atoms with Crippen LogP contribution < -0.4 is 0 Å². The van der Waals surface area contributed by atoms with Crippen LogP contribution in [0.25, 0.3) is 0 Å². The normalized spacial score (nSPS) is 10.9. The highest BCUT2D eigenvalue weighted by Crippen LogP contribution is 2.41. The number of benzene rings is 1. The summed E-state index contributed by atoms with van der Waals surface area (Å²) in [5.41, 5.74) is -5.01. The molecule has 0 N–H and O–H groups in total. The molecular formula is C11H7F3INO2S. The Morgan fingerprint density at radius 2 is 2.16 bits per heavy atom. The van der Waals surface area contributed by atoms with E-state index in [4.69, 9.17) is 10.00 Å². The zero-order chi connectivity index (χ0) is 14.6. The third kappa shape index (κ3) is 4.28. The molecule has 1 aromatic rings. The minimum Gasteiger partial charge on any atom is -0.462 e. The molecule has 8 heteroatoms. The second-order valence-electron chi connectivity index (χ2n) is 3.18. The van der Waals surface area contributed by atoms with Gasteiger partial charge in [0.1, 0.15) is 6.07 Å². The predicted octanol–water partition coefficient (Wildman–Crippen LogP) is 3.95. The lowest BCUT2D eigenvalue weighted by Crippen LogP contribution is -2.12. The fourth-order valence-corrected chi connectivity index (χ4v) is 2.74. The second-order valence-corrected chi connectivity index (χ2v) is 5.42. The third-order valence-corrected chi connectivity index (χ3v) is 4.05. The zero-order valence-electron chi connectivity index (χ0n) is 9.55. The number of alkyl halides is 3. The van der Waals surface area contributed by atoms with E-state index in [1.807, 2.05) is 0 Å². The minimum absolute atomic E-state index is 0.0191. The molecule has 0 saturated heterocycles. The standard InChI is InChI=1S/C11H7F3INO2S/c1-2-18-10(17)8-6(5-16)3-4-7(15)9(8)19-11(12,13)14/h3-4H,2H2,1H3. The summed E-state index contributed by atoms with van der Waals surface area (Å²) < 4.78 is 42.5. The van der Waals surface area contributed by atoms with Crippen LogP contribution in [0.3, 0.4) is 0 Å². The lowest BCUT2D eigenvalue weighted by atomic mass is 10.1. The van der Waals surface area contributed by atoms with Crippen LogP contribution >= 0.6 is 34.4 Å². The Balaban J connectivity index is 3.42. The fraction of sp³-hybridized carbons (Fsp3) is 0.273. The van der Waals surface area contributed by atoms with Crippen LogP contribution in [0.2, 0.25) is 0 Å². The maximum atomic E-state index is 12.5. The van der Waals surface area contributed by atoms with Crippen molar-refractivity contribution >= 4 is 40.3 Å². The van der Waals surface area contributed by atoms with Crippen molar-refractivity contribution in [2.75, 3.05) is 6.61 Å². The summed E-state index contributed by atoms with van der Waals surface area (Å²) in [7, 11) is 0. The molecule has 19 heavy (non-hydrogen) atoms. The van der Waals surface area contributed by atoms with Gasteiger partial charge in [-0.15, -0.1) is 0 Å². The number of hydrogen-bond donors (Lipinski definition) is 0. The van der Waals surface area contributed by atoms with E-state index in [0.717, 1.165) is 0 Å². The van der Waals surface area contributed by atoms with E-state index < -0.39 is 23.2 Å². The van der Waals surface area contributed by atoms with Crippen molar-refractivity contribution in [1.82, 2.24) is 0 Å². The van der Waals surface area contributed by atoms with Gasteiger partial charge in [0.15, 0.2) is 0 Å². The minimum atomic E-state index is -4.55. The van der Waals surface area contributed by atoms with Crippen LogP contribution in [0.4, 0.5) is 13.2 Å². The molecular weight excluding hydrogens is 394 g/mol. The Kier molecular flexibility index (Phi) is 5.49. The summed E-state index contributed by atoms with van der Waals surface area (Å²) >= 11 is 1.26. The van der Waals surface area contributed by atoms with Gasteiger partial charge >= 0.3 is 11.5 Å².